The molecule has 34 heavy (non-hydrogen) atoms. The van der Waals surface area contributed by atoms with E-state index in [1.54, 1.807) is 6.07 Å². The monoisotopic (exact) mass is 488 g/mol. The number of carbonyl (C=O) groups excluding carboxylic acids is 1. The van der Waals surface area contributed by atoms with E-state index in [0.29, 0.717) is 40.1 Å². The number of aryl methyl sites for hydroxylation is 1. The number of nitrogens with zero attached hydrogens (tertiary/aromatic N) is 3. The largest absolute Gasteiger partial charge is 0.487 e. The molecule has 0 aliphatic carbocycles. The summed E-state index contributed by atoms with van der Waals surface area (Å²) in [6.45, 7) is 11.8. The number of nitrogens with two attached hydrogens (primary N) is 1. The van der Waals surface area contributed by atoms with Gasteiger partial charge in [-0.05, 0) is 57.6 Å². The molecule has 1 atom stereocenters. The van der Waals surface area contributed by atoms with E-state index in [4.69, 9.17) is 10.5 Å². The summed E-state index contributed by atoms with van der Waals surface area (Å²) in [4.78, 5) is 25.3. The lowest BCUT2D eigenvalue weighted by molar-refractivity contribution is 0.0955. The highest BCUT2D eigenvalue weighted by molar-refractivity contribution is 7.20. The Hall–Kier alpha value is -2.82. The van der Waals surface area contributed by atoms with Crippen LogP contribution in [0.25, 0.3) is 10.2 Å². The van der Waals surface area contributed by atoms with E-state index >= 15 is 0 Å². The van der Waals surface area contributed by atoms with Crippen LogP contribution < -0.4 is 21.1 Å². The Balaban J connectivity index is 1.81. The van der Waals surface area contributed by atoms with Gasteiger partial charge in [0.2, 0.25) is 0 Å². The first-order valence-corrected chi connectivity index (χ1v) is 12.4. The van der Waals surface area contributed by atoms with Crippen LogP contribution in [0, 0.1) is 12.7 Å². The van der Waals surface area contributed by atoms with Gasteiger partial charge >= 0.3 is 0 Å². The van der Waals surface area contributed by atoms with Gasteiger partial charge in [0.25, 0.3) is 5.91 Å². The second kappa shape index (κ2) is 12.0. The van der Waals surface area contributed by atoms with E-state index < -0.39 is 5.82 Å². The number of rotatable bonds is 12. The molecular weight excluding hydrogens is 455 g/mol. The van der Waals surface area contributed by atoms with E-state index in [-0.39, 0.29) is 12.0 Å². The Bertz CT molecular complexity index is 1120. The Kier molecular flexibility index (Phi) is 9.14. The van der Waals surface area contributed by atoms with Crippen LogP contribution in [0.4, 0.5) is 15.9 Å². The predicted octanol–water partition coefficient (Wildman–Crippen LogP) is 4.07. The molecule has 1 amide bonds. The highest BCUT2D eigenvalue weighted by Gasteiger charge is 2.20. The van der Waals surface area contributed by atoms with Crippen LogP contribution in [-0.2, 0) is 0 Å². The number of fused-ring (bicyclic) bond motifs is 1. The summed E-state index contributed by atoms with van der Waals surface area (Å²) >= 11 is 1.33. The molecule has 0 aliphatic rings. The molecule has 1 unspecified atom stereocenters. The van der Waals surface area contributed by atoms with E-state index in [1.165, 1.54) is 29.8 Å². The molecule has 3 aromatic rings. The van der Waals surface area contributed by atoms with Crippen LogP contribution in [-0.4, -0.2) is 59.6 Å². The van der Waals surface area contributed by atoms with Crippen LogP contribution in [0.2, 0.25) is 0 Å². The van der Waals surface area contributed by atoms with Crippen LogP contribution in [0.1, 0.15) is 42.4 Å². The fraction of sp³-hybridized carbons (Fsp3) is 0.458. The molecule has 0 spiro atoms. The molecule has 0 saturated heterocycles. The minimum Gasteiger partial charge on any atom is -0.487 e. The number of aromatic nitrogens is 2. The zero-order chi connectivity index (χ0) is 24.7. The number of benzene rings is 1. The van der Waals surface area contributed by atoms with Gasteiger partial charge < -0.3 is 26.0 Å². The van der Waals surface area contributed by atoms with Gasteiger partial charge in [0.1, 0.15) is 34.6 Å². The first-order valence-electron chi connectivity index (χ1n) is 11.6. The van der Waals surface area contributed by atoms with Crippen molar-refractivity contribution in [2.24, 2.45) is 5.73 Å². The van der Waals surface area contributed by atoms with E-state index in [2.05, 4.69) is 39.3 Å². The van der Waals surface area contributed by atoms with Gasteiger partial charge in [-0.3, -0.25) is 4.79 Å². The van der Waals surface area contributed by atoms with Crippen molar-refractivity contribution in [3.8, 4) is 5.75 Å². The third kappa shape index (κ3) is 6.19. The quantitative estimate of drug-likeness (QED) is 0.330. The van der Waals surface area contributed by atoms with Crippen molar-refractivity contribution in [3.63, 3.8) is 0 Å². The molecule has 184 valence electrons. The molecule has 0 aliphatic heterocycles. The van der Waals surface area contributed by atoms with Crippen molar-refractivity contribution in [3.05, 3.63) is 40.8 Å². The number of ether oxygens (including phenoxy) is 1. The van der Waals surface area contributed by atoms with Gasteiger partial charge in [-0.15, -0.1) is 11.3 Å². The van der Waals surface area contributed by atoms with Crippen molar-refractivity contribution >= 4 is 39.0 Å². The molecule has 0 bridgehead atoms. The fourth-order valence-corrected chi connectivity index (χ4v) is 4.66. The van der Waals surface area contributed by atoms with Gasteiger partial charge in [0.05, 0.1) is 16.0 Å². The molecular formula is C24H33FN6O2S. The second-order valence-electron chi connectivity index (χ2n) is 8.02. The lowest BCUT2D eigenvalue weighted by atomic mass is 10.2. The number of halogens is 1. The van der Waals surface area contributed by atoms with Crippen LogP contribution >= 0.6 is 11.3 Å². The minimum atomic E-state index is -0.413. The number of hydrogen-bond acceptors (Lipinski definition) is 8. The topological polar surface area (TPSA) is 105 Å². The molecule has 8 nitrogen and oxygen atoms in total. The highest BCUT2D eigenvalue weighted by Crippen LogP contribution is 2.36. The lowest BCUT2D eigenvalue weighted by Crippen LogP contribution is -2.29. The predicted molar refractivity (Wildman–Crippen MR) is 136 cm³/mol. The molecule has 0 radical (unpaired) electrons. The van der Waals surface area contributed by atoms with Gasteiger partial charge in [0.15, 0.2) is 0 Å². The SMILES string of the molecule is CCN(CC)CCCNC(=O)c1sc2ncnc(Nc3ccc(F)cc3OC(C)CN)c2c1C. The van der Waals surface area contributed by atoms with Crippen molar-refractivity contribution < 1.29 is 13.9 Å². The maximum atomic E-state index is 13.9. The number of nitrogens with one attached hydrogen (secondary N) is 2. The van der Waals surface area contributed by atoms with E-state index in [1.807, 2.05) is 13.8 Å². The zero-order valence-corrected chi connectivity index (χ0v) is 21.0. The van der Waals surface area contributed by atoms with Crippen LogP contribution in [0.3, 0.4) is 0 Å². The van der Waals surface area contributed by atoms with Gasteiger partial charge in [-0.1, -0.05) is 13.8 Å². The van der Waals surface area contributed by atoms with Crippen LogP contribution in [0.5, 0.6) is 5.75 Å². The minimum absolute atomic E-state index is 0.117. The molecule has 4 N–H and O–H groups in total. The standard InChI is InChI=1S/C24H33FN6O2S/c1-5-31(6-2)11-7-10-27-23(32)21-16(4)20-22(28-14-29-24(20)34-21)30-18-9-8-17(25)12-19(18)33-15(3)13-26/h8-9,12,14-15H,5-7,10-11,13,26H2,1-4H3,(H,27,32)(H,28,29,30). The molecule has 2 heterocycles. The Labute approximate surface area is 203 Å². The third-order valence-electron chi connectivity index (χ3n) is 5.62. The summed E-state index contributed by atoms with van der Waals surface area (Å²) in [6, 6.07) is 4.25. The summed E-state index contributed by atoms with van der Waals surface area (Å²) in [5.41, 5.74) is 7.01. The first-order chi connectivity index (χ1) is 16.4. The second-order valence-corrected chi connectivity index (χ2v) is 9.02. The average molecular weight is 489 g/mol. The number of amides is 1. The Morgan fingerprint density at radius 3 is 2.76 bits per heavy atom. The number of anilines is 2. The maximum absolute atomic E-state index is 13.9. The van der Waals surface area contributed by atoms with Gasteiger partial charge in [-0.25, -0.2) is 14.4 Å². The smallest absolute Gasteiger partial charge is 0.261 e. The third-order valence-corrected chi connectivity index (χ3v) is 6.82. The van der Waals surface area contributed by atoms with E-state index in [0.717, 1.165) is 37.0 Å². The fourth-order valence-electron chi connectivity index (χ4n) is 3.60. The molecule has 0 fully saturated rings. The molecule has 2 aromatic heterocycles. The number of thiophene rings is 1. The molecule has 10 heteroatoms. The molecule has 1 aromatic carbocycles. The first kappa shape index (κ1) is 25.8. The van der Waals surface area contributed by atoms with Crippen molar-refractivity contribution in [1.29, 1.82) is 0 Å². The van der Waals surface area contributed by atoms with Crippen molar-refractivity contribution in [2.75, 3.05) is 38.0 Å². The maximum Gasteiger partial charge on any atom is 0.261 e. The summed E-state index contributed by atoms with van der Waals surface area (Å²) < 4.78 is 19.6. The molecule has 3 rings (SSSR count). The van der Waals surface area contributed by atoms with Gasteiger partial charge in [0, 0.05) is 19.2 Å². The Morgan fingerprint density at radius 1 is 1.29 bits per heavy atom. The number of carbonyl (C=O) groups is 1. The number of hydrogen-bond donors (Lipinski definition) is 3. The lowest BCUT2D eigenvalue weighted by Gasteiger charge is -2.17. The normalized spacial score (nSPS) is 12.2. The summed E-state index contributed by atoms with van der Waals surface area (Å²) in [6.07, 6.45) is 2.05. The van der Waals surface area contributed by atoms with Gasteiger partial charge in [-0.2, -0.15) is 0 Å². The zero-order valence-electron chi connectivity index (χ0n) is 20.2. The van der Waals surface area contributed by atoms with Crippen molar-refractivity contribution in [1.82, 2.24) is 20.2 Å². The summed E-state index contributed by atoms with van der Waals surface area (Å²) in [5.74, 6) is 0.331. The van der Waals surface area contributed by atoms with Crippen molar-refractivity contribution in [2.45, 2.75) is 40.2 Å². The molecule has 0 saturated carbocycles. The van der Waals surface area contributed by atoms with E-state index in [9.17, 15) is 9.18 Å². The Morgan fingerprint density at radius 2 is 2.06 bits per heavy atom. The summed E-state index contributed by atoms with van der Waals surface area (Å²) in [5, 5.41) is 7.00. The highest BCUT2D eigenvalue weighted by atomic mass is 32.1. The average Bonchev–Trinajstić information content (AvgIpc) is 3.18. The van der Waals surface area contributed by atoms with Crippen LogP contribution in [0.15, 0.2) is 24.5 Å². The summed E-state index contributed by atoms with van der Waals surface area (Å²) in [7, 11) is 0.